The Morgan fingerprint density at radius 1 is 1.25 bits per heavy atom. The van der Waals surface area contributed by atoms with Crippen molar-refractivity contribution in [2.24, 2.45) is 0 Å². The summed E-state index contributed by atoms with van der Waals surface area (Å²) in [5.74, 6) is 0.264. The van der Waals surface area contributed by atoms with Crippen LogP contribution in [0.25, 0.3) is 12.2 Å². The molecule has 0 aromatic heterocycles. The Labute approximate surface area is 72.7 Å². The maximum atomic E-state index is 9.63. The molecule has 0 aliphatic carbocycles. The second kappa shape index (κ2) is 3.26. The maximum absolute atomic E-state index is 9.63. The van der Waals surface area contributed by atoms with Crippen LogP contribution in [0.5, 0.6) is 5.75 Å². The standard InChI is InChI=1S/C11H12O/c1-4-9-7-6-8(3)10(5-2)11(9)12/h4-7,12H,1-2H2,3H3. The van der Waals surface area contributed by atoms with Gasteiger partial charge in [-0.25, -0.2) is 0 Å². The van der Waals surface area contributed by atoms with Gasteiger partial charge in [0.15, 0.2) is 0 Å². The summed E-state index contributed by atoms with van der Waals surface area (Å²) in [6, 6.07) is 3.78. The van der Waals surface area contributed by atoms with Crippen LogP contribution in [0.2, 0.25) is 0 Å². The average Bonchev–Trinajstić information content (AvgIpc) is 2.06. The van der Waals surface area contributed by atoms with E-state index in [1.165, 1.54) is 0 Å². The van der Waals surface area contributed by atoms with Crippen LogP contribution in [0.15, 0.2) is 25.3 Å². The predicted molar refractivity (Wildman–Crippen MR) is 53.0 cm³/mol. The molecule has 1 rings (SSSR count). The van der Waals surface area contributed by atoms with Crippen molar-refractivity contribution < 1.29 is 5.11 Å². The van der Waals surface area contributed by atoms with E-state index in [-0.39, 0.29) is 5.75 Å². The Morgan fingerprint density at radius 2 is 1.92 bits per heavy atom. The molecule has 0 aliphatic heterocycles. The quantitative estimate of drug-likeness (QED) is 0.705. The van der Waals surface area contributed by atoms with Gasteiger partial charge in [0.2, 0.25) is 0 Å². The van der Waals surface area contributed by atoms with E-state index in [1.54, 1.807) is 12.2 Å². The highest BCUT2D eigenvalue weighted by Crippen LogP contribution is 2.27. The van der Waals surface area contributed by atoms with Crippen molar-refractivity contribution in [1.82, 2.24) is 0 Å². The molecule has 0 saturated heterocycles. The van der Waals surface area contributed by atoms with Crippen LogP contribution in [-0.4, -0.2) is 5.11 Å². The number of aryl methyl sites for hydroxylation is 1. The first kappa shape index (κ1) is 8.60. The lowest BCUT2D eigenvalue weighted by molar-refractivity contribution is 0.472. The minimum atomic E-state index is 0.264. The van der Waals surface area contributed by atoms with Gasteiger partial charge < -0.3 is 5.11 Å². The summed E-state index contributed by atoms with van der Waals surface area (Å²) in [5.41, 5.74) is 2.55. The highest BCUT2D eigenvalue weighted by molar-refractivity contribution is 5.68. The van der Waals surface area contributed by atoms with Gasteiger partial charge in [0.25, 0.3) is 0 Å². The number of benzene rings is 1. The molecule has 0 spiro atoms. The fourth-order valence-corrected chi connectivity index (χ4v) is 1.15. The summed E-state index contributed by atoms with van der Waals surface area (Å²) in [5, 5.41) is 9.63. The van der Waals surface area contributed by atoms with Crippen LogP contribution in [0.4, 0.5) is 0 Å². The smallest absolute Gasteiger partial charge is 0.130 e. The third-order valence-corrected chi connectivity index (χ3v) is 1.89. The van der Waals surface area contributed by atoms with Crippen LogP contribution in [0.3, 0.4) is 0 Å². The minimum Gasteiger partial charge on any atom is -0.507 e. The van der Waals surface area contributed by atoms with Crippen molar-refractivity contribution in [1.29, 1.82) is 0 Å². The van der Waals surface area contributed by atoms with Crippen molar-refractivity contribution in [3.63, 3.8) is 0 Å². The second-order valence-corrected chi connectivity index (χ2v) is 2.64. The molecule has 1 N–H and O–H groups in total. The SMILES string of the molecule is C=Cc1ccc(C)c(C=C)c1O. The van der Waals surface area contributed by atoms with Crippen LogP contribution >= 0.6 is 0 Å². The molecular formula is C11H12O. The van der Waals surface area contributed by atoms with Crippen LogP contribution in [-0.2, 0) is 0 Å². The van der Waals surface area contributed by atoms with Crippen molar-refractivity contribution in [2.75, 3.05) is 0 Å². The second-order valence-electron chi connectivity index (χ2n) is 2.64. The van der Waals surface area contributed by atoms with Crippen LogP contribution < -0.4 is 0 Å². The first-order chi connectivity index (χ1) is 5.70. The number of hydrogen-bond donors (Lipinski definition) is 1. The van der Waals surface area contributed by atoms with E-state index in [2.05, 4.69) is 13.2 Å². The molecule has 1 nitrogen and oxygen atoms in total. The highest BCUT2D eigenvalue weighted by Gasteiger charge is 2.03. The van der Waals surface area contributed by atoms with E-state index in [4.69, 9.17) is 0 Å². The van der Waals surface area contributed by atoms with Gasteiger partial charge in [0, 0.05) is 11.1 Å². The topological polar surface area (TPSA) is 20.2 Å². The molecule has 0 fully saturated rings. The van der Waals surface area contributed by atoms with Crippen molar-refractivity contribution in [3.8, 4) is 5.75 Å². The van der Waals surface area contributed by atoms with E-state index in [0.29, 0.717) is 0 Å². The van der Waals surface area contributed by atoms with Gasteiger partial charge in [-0.1, -0.05) is 37.4 Å². The predicted octanol–water partition coefficient (Wildman–Crippen LogP) is 2.99. The van der Waals surface area contributed by atoms with Gasteiger partial charge in [-0.2, -0.15) is 0 Å². The summed E-state index contributed by atoms with van der Waals surface area (Å²) in [4.78, 5) is 0. The first-order valence-electron chi connectivity index (χ1n) is 3.78. The number of phenols is 1. The van der Waals surface area contributed by atoms with Gasteiger partial charge in [0.05, 0.1) is 0 Å². The van der Waals surface area contributed by atoms with Crippen LogP contribution in [0.1, 0.15) is 16.7 Å². The average molecular weight is 160 g/mol. The largest absolute Gasteiger partial charge is 0.507 e. The molecule has 0 saturated carbocycles. The van der Waals surface area contributed by atoms with E-state index < -0.39 is 0 Å². The molecule has 0 radical (unpaired) electrons. The Balaban J connectivity index is 3.43. The fraction of sp³-hybridized carbons (Fsp3) is 0.0909. The van der Waals surface area contributed by atoms with Gasteiger partial charge in [-0.3, -0.25) is 0 Å². The lowest BCUT2D eigenvalue weighted by atomic mass is 10.0. The Hall–Kier alpha value is -1.50. The summed E-state index contributed by atoms with van der Waals surface area (Å²) < 4.78 is 0. The molecule has 62 valence electrons. The third kappa shape index (κ3) is 1.26. The lowest BCUT2D eigenvalue weighted by Crippen LogP contribution is -1.84. The normalized spacial score (nSPS) is 9.42. The molecule has 1 aromatic rings. The number of hydrogen-bond acceptors (Lipinski definition) is 1. The molecule has 1 heteroatoms. The molecule has 0 bridgehead atoms. The monoisotopic (exact) mass is 160 g/mol. The number of rotatable bonds is 2. The summed E-state index contributed by atoms with van der Waals surface area (Å²) in [6.07, 6.45) is 3.28. The summed E-state index contributed by atoms with van der Waals surface area (Å²) in [7, 11) is 0. The molecule has 12 heavy (non-hydrogen) atoms. The number of phenolic OH excluding ortho intramolecular Hbond substituents is 1. The Bertz CT molecular complexity index is 324. The maximum Gasteiger partial charge on any atom is 0.130 e. The van der Waals surface area contributed by atoms with Crippen molar-refractivity contribution >= 4 is 12.2 Å². The van der Waals surface area contributed by atoms with E-state index in [0.717, 1.165) is 16.7 Å². The van der Waals surface area contributed by atoms with Crippen LogP contribution in [0, 0.1) is 6.92 Å². The summed E-state index contributed by atoms with van der Waals surface area (Å²) in [6.45, 7) is 9.17. The molecule has 0 unspecified atom stereocenters. The highest BCUT2D eigenvalue weighted by atomic mass is 16.3. The van der Waals surface area contributed by atoms with Gasteiger partial charge in [-0.15, -0.1) is 0 Å². The minimum absolute atomic E-state index is 0.264. The van der Waals surface area contributed by atoms with Gasteiger partial charge in [-0.05, 0) is 12.5 Å². The van der Waals surface area contributed by atoms with Gasteiger partial charge >= 0.3 is 0 Å². The number of aromatic hydroxyl groups is 1. The zero-order chi connectivity index (χ0) is 9.14. The third-order valence-electron chi connectivity index (χ3n) is 1.89. The molecule has 0 atom stereocenters. The van der Waals surface area contributed by atoms with E-state index >= 15 is 0 Å². The first-order valence-corrected chi connectivity index (χ1v) is 3.78. The molecule has 1 aromatic carbocycles. The molecule has 0 aliphatic rings. The van der Waals surface area contributed by atoms with Crippen molar-refractivity contribution in [2.45, 2.75) is 6.92 Å². The van der Waals surface area contributed by atoms with E-state index in [1.807, 2.05) is 19.1 Å². The lowest BCUT2D eigenvalue weighted by Gasteiger charge is -2.05. The summed E-state index contributed by atoms with van der Waals surface area (Å²) >= 11 is 0. The Kier molecular flexibility index (Phi) is 2.34. The zero-order valence-corrected chi connectivity index (χ0v) is 7.17. The fourth-order valence-electron chi connectivity index (χ4n) is 1.15. The zero-order valence-electron chi connectivity index (χ0n) is 7.17. The van der Waals surface area contributed by atoms with Gasteiger partial charge in [0.1, 0.15) is 5.75 Å². The molecule has 0 heterocycles. The van der Waals surface area contributed by atoms with Crippen molar-refractivity contribution in [3.05, 3.63) is 42.0 Å². The molecular weight excluding hydrogens is 148 g/mol. The molecule has 0 amide bonds. The Morgan fingerprint density at radius 3 is 2.42 bits per heavy atom. The van der Waals surface area contributed by atoms with E-state index in [9.17, 15) is 5.11 Å².